The van der Waals surface area contributed by atoms with Crippen LogP contribution in [0.1, 0.15) is 54.0 Å². The van der Waals surface area contributed by atoms with Gasteiger partial charge in [0.2, 0.25) is 0 Å². The predicted molar refractivity (Wildman–Crippen MR) is 99.3 cm³/mol. The van der Waals surface area contributed by atoms with Gasteiger partial charge in [0.25, 0.3) is 5.91 Å². The van der Waals surface area contributed by atoms with E-state index in [0.717, 1.165) is 5.56 Å². The van der Waals surface area contributed by atoms with E-state index >= 15 is 0 Å². The maximum Gasteiger partial charge on any atom is 0.335 e. The van der Waals surface area contributed by atoms with Gasteiger partial charge in [-0.25, -0.2) is 4.79 Å². The summed E-state index contributed by atoms with van der Waals surface area (Å²) in [4.78, 5) is 23.8. The minimum Gasteiger partial charge on any atom is -0.507 e. The Labute approximate surface area is 152 Å². The molecule has 0 aliphatic carbocycles. The number of anilines is 1. The molecular weight excluding hydrogens is 334 g/mol. The molecule has 0 fully saturated rings. The second-order valence-electron chi connectivity index (χ2n) is 6.89. The first-order valence-electron chi connectivity index (χ1n) is 8.28. The van der Waals surface area contributed by atoms with Gasteiger partial charge in [-0.05, 0) is 48.2 Å². The Morgan fingerprint density at radius 3 is 2.38 bits per heavy atom. The summed E-state index contributed by atoms with van der Waals surface area (Å²) in [6.07, 6.45) is 0. The van der Waals surface area contributed by atoms with Gasteiger partial charge >= 0.3 is 5.97 Å². The molecule has 0 heterocycles. The molecular formula is C20H23NO5. The number of carbonyl (C=O) groups excluding carboxylic acids is 1. The standard InChI is InChI=1S/C20H23NO5/c1-5-26-17-10-12(19(24)25)6-8-15(17)21-18(23)14-11-13(20(2,3)4)7-9-16(14)22/h6-11,22H,5H2,1-4H3,(H,21,23)(H,24,25). The van der Waals surface area contributed by atoms with Crippen LogP contribution >= 0.6 is 0 Å². The minimum absolute atomic E-state index is 0.0593. The third kappa shape index (κ3) is 4.33. The van der Waals surface area contributed by atoms with Crippen molar-refractivity contribution in [2.75, 3.05) is 11.9 Å². The van der Waals surface area contributed by atoms with Crippen LogP contribution < -0.4 is 10.1 Å². The van der Waals surface area contributed by atoms with E-state index in [9.17, 15) is 14.7 Å². The van der Waals surface area contributed by atoms with E-state index in [-0.39, 0.29) is 28.0 Å². The number of carboxylic acid groups (broad SMARTS) is 1. The summed E-state index contributed by atoms with van der Waals surface area (Å²) in [6.45, 7) is 8.12. The molecule has 0 radical (unpaired) electrons. The number of amides is 1. The van der Waals surface area contributed by atoms with Gasteiger partial charge in [-0.1, -0.05) is 26.8 Å². The first-order valence-corrected chi connectivity index (χ1v) is 8.28. The van der Waals surface area contributed by atoms with E-state index in [1.54, 1.807) is 19.1 Å². The van der Waals surface area contributed by atoms with E-state index in [1.807, 2.05) is 20.8 Å². The highest BCUT2D eigenvalue weighted by Gasteiger charge is 2.20. The Hall–Kier alpha value is -3.02. The Morgan fingerprint density at radius 1 is 1.12 bits per heavy atom. The van der Waals surface area contributed by atoms with Crippen LogP contribution in [-0.4, -0.2) is 28.7 Å². The summed E-state index contributed by atoms with van der Waals surface area (Å²) in [5.41, 5.74) is 1.27. The predicted octanol–water partition coefficient (Wildman–Crippen LogP) is 4.04. The van der Waals surface area contributed by atoms with Crippen molar-refractivity contribution in [3.05, 3.63) is 53.1 Å². The second kappa shape index (κ2) is 7.47. The number of hydrogen-bond donors (Lipinski definition) is 3. The van der Waals surface area contributed by atoms with Gasteiger partial charge in [0.15, 0.2) is 0 Å². The molecule has 0 spiro atoms. The number of rotatable bonds is 5. The summed E-state index contributed by atoms with van der Waals surface area (Å²) in [5, 5.41) is 21.8. The lowest BCUT2D eigenvalue weighted by molar-refractivity contribution is 0.0696. The normalized spacial score (nSPS) is 11.1. The summed E-state index contributed by atoms with van der Waals surface area (Å²) < 4.78 is 5.43. The van der Waals surface area contributed by atoms with E-state index in [2.05, 4.69) is 5.32 Å². The van der Waals surface area contributed by atoms with Gasteiger partial charge in [-0.2, -0.15) is 0 Å². The van der Waals surface area contributed by atoms with Gasteiger partial charge in [-0.15, -0.1) is 0 Å². The third-order valence-corrected chi connectivity index (χ3v) is 3.88. The number of carboxylic acids is 1. The molecule has 0 aliphatic heterocycles. The topological polar surface area (TPSA) is 95.9 Å². The number of hydrogen-bond acceptors (Lipinski definition) is 4. The van der Waals surface area contributed by atoms with Gasteiger partial charge in [0, 0.05) is 0 Å². The highest BCUT2D eigenvalue weighted by Crippen LogP contribution is 2.30. The number of ether oxygens (including phenoxy) is 1. The average Bonchev–Trinajstić information content (AvgIpc) is 2.55. The van der Waals surface area contributed by atoms with Crippen molar-refractivity contribution in [2.24, 2.45) is 0 Å². The number of phenols is 1. The molecule has 138 valence electrons. The van der Waals surface area contributed by atoms with E-state index in [0.29, 0.717) is 12.3 Å². The van der Waals surface area contributed by atoms with Crippen molar-refractivity contribution in [3.63, 3.8) is 0 Å². The molecule has 0 unspecified atom stereocenters. The number of aromatic hydroxyl groups is 1. The number of nitrogens with one attached hydrogen (secondary N) is 1. The van der Waals surface area contributed by atoms with Crippen LogP contribution in [0.2, 0.25) is 0 Å². The summed E-state index contributed by atoms with van der Waals surface area (Å²) in [7, 11) is 0. The summed E-state index contributed by atoms with van der Waals surface area (Å²) in [5.74, 6) is -1.46. The number of aromatic carboxylic acids is 1. The van der Waals surface area contributed by atoms with Crippen molar-refractivity contribution in [1.29, 1.82) is 0 Å². The van der Waals surface area contributed by atoms with Crippen molar-refractivity contribution >= 4 is 17.6 Å². The van der Waals surface area contributed by atoms with Crippen LogP contribution in [0.3, 0.4) is 0 Å². The molecule has 0 aromatic heterocycles. The first kappa shape index (κ1) is 19.3. The molecule has 6 heteroatoms. The lowest BCUT2D eigenvalue weighted by atomic mass is 9.86. The molecule has 2 aromatic carbocycles. The fourth-order valence-electron chi connectivity index (χ4n) is 2.41. The zero-order valence-corrected chi connectivity index (χ0v) is 15.3. The second-order valence-corrected chi connectivity index (χ2v) is 6.89. The van der Waals surface area contributed by atoms with Crippen LogP contribution in [0.15, 0.2) is 36.4 Å². The van der Waals surface area contributed by atoms with Gasteiger partial charge in [0.05, 0.1) is 23.4 Å². The molecule has 2 aromatic rings. The molecule has 2 rings (SSSR count). The SMILES string of the molecule is CCOc1cc(C(=O)O)ccc1NC(=O)c1cc(C(C)(C)C)ccc1O. The van der Waals surface area contributed by atoms with Crippen LogP contribution in [0.25, 0.3) is 0 Å². The lowest BCUT2D eigenvalue weighted by Gasteiger charge is -2.20. The molecule has 0 saturated carbocycles. The quantitative estimate of drug-likeness (QED) is 0.750. The van der Waals surface area contributed by atoms with Crippen molar-refractivity contribution in [3.8, 4) is 11.5 Å². The van der Waals surface area contributed by atoms with Crippen LogP contribution in [0, 0.1) is 0 Å². The molecule has 3 N–H and O–H groups in total. The third-order valence-electron chi connectivity index (χ3n) is 3.88. The Bertz CT molecular complexity index is 837. The highest BCUT2D eigenvalue weighted by molar-refractivity contribution is 6.07. The molecule has 26 heavy (non-hydrogen) atoms. The first-order chi connectivity index (χ1) is 12.1. The van der Waals surface area contributed by atoms with E-state index < -0.39 is 11.9 Å². The maximum absolute atomic E-state index is 12.6. The number of phenolic OH excluding ortho intramolecular Hbond substituents is 1. The largest absolute Gasteiger partial charge is 0.507 e. The van der Waals surface area contributed by atoms with Crippen LogP contribution in [-0.2, 0) is 5.41 Å². The summed E-state index contributed by atoms with van der Waals surface area (Å²) >= 11 is 0. The smallest absolute Gasteiger partial charge is 0.335 e. The Balaban J connectivity index is 2.37. The molecule has 0 bridgehead atoms. The molecule has 0 aliphatic rings. The average molecular weight is 357 g/mol. The fraction of sp³-hybridized carbons (Fsp3) is 0.300. The monoisotopic (exact) mass is 357 g/mol. The van der Waals surface area contributed by atoms with Crippen LogP contribution in [0.5, 0.6) is 11.5 Å². The molecule has 0 atom stereocenters. The van der Waals surface area contributed by atoms with Gasteiger partial charge in [-0.3, -0.25) is 4.79 Å². The van der Waals surface area contributed by atoms with Gasteiger partial charge < -0.3 is 20.3 Å². The fourth-order valence-corrected chi connectivity index (χ4v) is 2.41. The minimum atomic E-state index is -1.08. The lowest BCUT2D eigenvalue weighted by Crippen LogP contribution is -2.16. The van der Waals surface area contributed by atoms with Crippen molar-refractivity contribution in [1.82, 2.24) is 0 Å². The zero-order valence-electron chi connectivity index (χ0n) is 15.3. The van der Waals surface area contributed by atoms with E-state index in [1.165, 1.54) is 24.3 Å². The van der Waals surface area contributed by atoms with Crippen molar-refractivity contribution in [2.45, 2.75) is 33.1 Å². The zero-order chi connectivity index (χ0) is 19.5. The number of benzene rings is 2. The van der Waals surface area contributed by atoms with Crippen molar-refractivity contribution < 1.29 is 24.5 Å². The molecule has 6 nitrogen and oxygen atoms in total. The van der Waals surface area contributed by atoms with Gasteiger partial charge in [0.1, 0.15) is 11.5 Å². The summed E-state index contributed by atoms with van der Waals surface area (Å²) in [6, 6.07) is 9.12. The van der Waals surface area contributed by atoms with Crippen LogP contribution in [0.4, 0.5) is 5.69 Å². The molecule has 0 saturated heterocycles. The Morgan fingerprint density at radius 2 is 1.81 bits per heavy atom. The maximum atomic E-state index is 12.6. The Kier molecular flexibility index (Phi) is 5.55. The molecule has 1 amide bonds. The highest BCUT2D eigenvalue weighted by atomic mass is 16.5. The van der Waals surface area contributed by atoms with E-state index in [4.69, 9.17) is 9.84 Å². The number of carbonyl (C=O) groups is 2.